The van der Waals surface area contributed by atoms with Gasteiger partial charge in [-0.3, -0.25) is 0 Å². The van der Waals surface area contributed by atoms with E-state index in [1.54, 1.807) is 0 Å². The molecule has 76 valence electrons. The van der Waals surface area contributed by atoms with Crippen LogP contribution in [-0.2, 0) is 0 Å². The second-order valence-corrected chi connectivity index (χ2v) is 3.25. The fourth-order valence-electron chi connectivity index (χ4n) is 1.14. The minimum Gasteiger partial charge on any atom is -0.338 e. The molecule has 0 atom stereocenters. The Balaban J connectivity index is 2.47. The number of benzene rings is 1. The second-order valence-electron chi connectivity index (χ2n) is 3.25. The minimum atomic E-state index is -0.141. The lowest BCUT2D eigenvalue weighted by molar-refractivity contribution is 0.252. The number of hydrogen-bond donors (Lipinski definition) is 2. The van der Waals surface area contributed by atoms with Crippen molar-refractivity contribution in [2.24, 2.45) is 0 Å². The highest BCUT2D eigenvalue weighted by Crippen LogP contribution is 2.08. The van der Waals surface area contributed by atoms with E-state index in [-0.39, 0.29) is 6.03 Å². The zero-order valence-corrected chi connectivity index (χ0v) is 8.63. The highest BCUT2D eigenvalue weighted by atomic mass is 16.2. The van der Waals surface area contributed by atoms with Gasteiger partial charge in [0.1, 0.15) is 0 Å². The Morgan fingerprint density at radius 2 is 2.21 bits per heavy atom. The first-order chi connectivity index (χ1) is 6.72. The molecule has 1 rings (SSSR count). The summed E-state index contributed by atoms with van der Waals surface area (Å²) < 4.78 is 0. The van der Waals surface area contributed by atoms with Crippen molar-refractivity contribution in [1.29, 1.82) is 0 Å². The van der Waals surface area contributed by atoms with Gasteiger partial charge in [0.05, 0.1) is 0 Å². The van der Waals surface area contributed by atoms with Crippen molar-refractivity contribution in [3.63, 3.8) is 0 Å². The van der Waals surface area contributed by atoms with E-state index in [1.165, 1.54) is 0 Å². The average molecular weight is 192 g/mol. The fraction of sp³-hybridized carbons (Fsp3) is 0.364. The summed E-state index contributed by atoms with van der Waals surface area (Å²) in [6, 6.07) is 7.58. The van der Waals surface area contributed by atoms with Gasteiger partial charge in [-0.05, 0) is 31.0 Å². The lowest BCUT2D eigenvalue weighted by atomic mass is 10.2. The molecule has 1 aromatic carbocycles. The monoisotopic (exact) mass is 192 g/mol. The Morgan fingerprint density at radius 3 is 2.86 bits per heavy atom. The van der Waals surface area contributed by atoms with Gasteiger partial charge in [-0.2, -0.15) is 0 Å². The number of urea groups is 1. The fourth-order valence-corrected chi connectivity index (χ4v) is 1.14. The summed E-state index contributed by atoms with van der Waals surface area (Å²) >= 11 is 0. The highest BCUT2D eigenvalue weighted by Gasteiger charge is 1.99. The third kappa shape index (κ3) is 3.47. The van der Waals surface area contributed by atoms with E-state index in [1.807, 2.05) is 38.1 Å². The molecule has 2 N–H and O–H groups in total. The normalized spacial score (nSPS) is 9.57. The Kier molecular flexibility index (Phi) is 3.98. The van der Waals surface area contributed by atoms with Gasteiger partial charge in [-0.1, -0.05) is 19.1 Å². The van der Waals surface area contributed by atoms with Gasteiger partial charge in [-0.15, -0.1) is 0 Å². The van der Waals surface area contributed by atoms with Crippen LogP contribution in [0.1, 0.15) is 18.9 Å². The second kappa shape index (κ2) is 5.27. The van der Waals surface area contributed by atoms with E-state index in [4.69, 9.17) is 0 Å². The first kappa shape index (κ1) is 10.6. The van der Waals surface area contributed by atoms with Crippen LogP contribution < -0.4 is 10.6 Å². The molecule has 0 spiro atoms. The average Bonchev–Trinajstić information content (AvgIpc) is 2.15. The molecular formula is C11H16N2O. The van der Waals surface area contributed by atoms with E-state index in [0.29, 0.717) is 6.54 Å². The summed E-state index contributed by atoms with van der Waals surface area (Å²) in [6.07, 6.45) is 0.946. The predicted octanol–water partition coefficient (Wildman–Crippen LogP) is 2.53. The van der Waals surface area contributed by atoms with Crippen molar-refractivity contribution in [3.8, 4) is 0 Å². The SMILES string of the molecule is CCCNC(=O)Nc1cccc(C)c1. The number of rotatable bonds is 3. The van der Waals surface area contributed by atoms with Gasteiger partial charge in [0.2, 0.25) is 0 Å². The Hall–Kier alpha value is -1.51. The number of hydrogen-bond acceptors (Lipinski definition) is 1. The Bertz CT molecular complexity index is 310. The third-order valence-corrected chi connectivity index (χ3v) is 1.81. The van der Waals surface area contributed by atoms with Crippen molar-refractivity contribution < 1.29 is 4.79 Å². The highest BCUT2D eigenvalue weighted by molar-refractivity contribution is 5.89. The summed E-state index contributed by atoms with van der Waals surface area (Å²) in [4.78, 5) is 11.3. The standard InChI is InChI=1S/C11H16N2O/c1-3-7-12-11(14)13-10-6-4-5-9(2)8-10/h4-6,8H,3,7H2,1-2H3,(H2,12,13,14). The quantitative estimate of drug-likeness (QED) is 0.759. The van der Waals surface area contributed by atoms with Crippen LogP contribution in [0.15, 0.2) is 24.3 Å². The molecule has 0 saturated carbocycles. The van der Waals surface area contributed by atoms with E-state index >= 15 is 0 Å². The molecule has 0 radical (unpaired) electrons. The molecule has 0 aliphatic heterocycles. The first-order valence-electron chi connectivity index (χ1n) is 4.84. The van der Waals surface area contributed by atoms with Crippen molar-refractivity contribution in [2.75, 3.05) is 11.9 Å². The predicted molar refractivity (Wildman–Crippen MR) is 58.5 cm³/mol. The largest absolute Gasteiger partial charge is 0.338 e. The summed E-state index contributed by atoms with van der Waals surface area (Å²) in [5.41, 5.74) is 1.97. The molecule has 14 heavy (non-hydrogen) atoms. The number of aryl methyl sites for hydroxylation is 1. The molecule has 3 heteroatoms. The van der Waals surface area contributed by atoms with E-state index < -0.39 is 0 Å². The van der Waals surface area contributed by atoms with Gasteiger partial charge in [0, 0.05) is 12.2 Å². The van der Waals surface area contributed by atoms with Crippen LogP contribution in [0.25, 0.3) is 0 Å². The molecule has 3 nitrogen and oxygen atoms in total. The number of amides is 2. The van der Waals surface area contributed by atoms with Crippen LogP contribution in [0.4, 0.5) is 10.5 Å². The molecule has 1 aromatic rings. The van der Waals surface area contributed by atoms with Crippen LogP contribution in [0.2, 0.25) is 0 Å². The smallest absolute Gasteiger partial charge is 0.319 e. The molecule has 0 aromatic heterocycles. The van der Waals surface area contributed by atoms with Crippen LogP contribution in [-0.4, -0.2) is 12.6 Å². The molecule has 0 aliphatic rings. The number of nitrogens with one attached hydrogen (secondary N) is 2. The molecule has 0 heterocycles. The summed E-state index contributed by atoms with van der Waals surface area (Å²) in [7, 11) is 0. The zero-order valence-electron chi connectivity index (χ0n) is 8.63. The van der Waals surface area contributed by atoms with Gasteiger partial charge < -0.3 is 10.6 Å². The van der Waals surface area contributed by atoms with Crippen LogP contribution >= 0.6 is 0 Å². The van der Waals surface area contributed by atoms with E-state index in [9.17, 15) is 4.79 Å². The summed E-state index contributed by atoms with van der Waals surface area (Å²) in [6.45, 7) is 4.72. The van der Waals surface area contributed by atoms with Crippen LogP contribution in [0.5, 0.6) is 0 Å². The Morgan fingerprint density at radius 1 is 1.43 bits per heavy atom. The summed E-state index contributed by atoms with van der Waals surface area (Å²) in [5, 5.41) is 5.52. The molecule has 0 fully saturated rings. The van der Waals surface area contributed by atoms with Gasteiger partial charge in [0.15, 0.2) is 0 Å². The lowest BCUT2D eigenvalue weighted by Crippen LogP contribution is -2.29. The minimum absolute atomic E-state index is 0.141. The van der Waals surface area contributed by atoms with E-state index in [0.717, 1.165) is 17.7 Å². The molecule has 0 saturated heterocycles. The Labute approximate surface area is 84.5 Å². The van der Waals surface area contributed by atoms with Crippen LogP contribution in [0.3, 0.4) is 0 Å². The molecule has 0 bridgehead atoms. The lowest BCUT2D eigenvalue weighted by Gasteiger charge is -2.06. The van der Waals surface area contributed by atoms with Crippen LogP contribution in [0, 0.1) is 6.92 Å². The topological polar surface area (TPSA) is 41.1 Å². The zero-order chi connectivity index (χ0) is 10.4. The number of anilines is 1. The van der Waals surface area contributed by atoms with Gasteiger partial charge >= 0.3 is 6.03 Å². The van der Waals surface area contributed by atoms with E-state index in [2.05, 4.69) is 10.6 Å². The van der Waals surface area contributed by atoms with Gasteiger partial charge in [-0.25, -0.2) is 4.79 Å². The van der Waals surface area contributed by atoms with Crippen molar-refractivity contribution in [3.05, 3.63) is 29.8 Å². The third-order valence-electron chi connectivity index (χ3n) is 1.81. The maximum atomic E-state index is 11.3. The molecule has 0 unspecified atom stereocenters. The maximum absolute atomic E-state index is 11.3. The summed E-state index contributed by atoms with van der Waals surface area (Å²) in [5.74, 6) is 0. The van der Waals surface area contributed by atoms with Crippen molar-refractivity contribution in [2.45, 2.75) is 20.3 Å². The van der Waals surface area contributed by atoms with Gasteiger partial charge in [0.25, 0.3) is 0 Å². The van der Waals surface area contributed by atoms with Crippen molar-refractivity contribution >= 4 is 11.7 Å². The molecular weight excluding hydrogens is 176 g/mol. The molecule has 2 amide bonds. The first-order valence-corrected chi connectivity index (χ1v) is 4.84. The maximum Gasteiger partial charge on any atom is 0.319 e. The van der Waals surface area contributed by atoms with Crippen molar-refractivity contribution in [1.82, 2.24) is 5.32 Å². The molecule has 0 aliphatic carbocycles. The number of carbonyl (C=O) groups excluding carboxylic acids is 1. The number of carbonyl (C=O) groups is 1.